The summed E-state index contributed by atoms with van der Waals surface area (Å²) in [5, 5.41) is 0.486. The number of hydrogen-bond donors (Lipinski definition) is 0. The highest BCUT2D eigenvalue weighted by Crippen LogP contribution is 2.36. The smallest absolute Gasteiger partial charge is 0.141 e. The lowest BCUT2D eigenvalue weighted by atomic mass is 10.1. The maximum absolute atomic E-state index is 6.06. The van der Waals surface area contributed by atoms with Crippen LogP contribution in [0.15, 0.2) is 6.20 Å². The molecule has 0 bridgehead atoms. The molecule has 0 spiro atoms. The Hall–Kier alpha value is -0.280. The zero-order valence-electron chi connectivity index (χ0n) is 9.74. The monoisotopic (exact) mass is 256 g/mol. The minimum atomic E-state index is -0.00643. The van der Waals surface area contributed by atoms with E-state index in [9.17, 15) is 0 Å². The van der Waals surface area contributed by atoms with Gasteiger partial charge in [-0.05, 0) is 32.4 Å². The molecule has 2 rings (SSSR count). The largest absolute Gasteiger partial charge is 0.240 e. The van der Waals surface area contributed by atoms with E-state index in [-0.39, 0.29) is 5.38 Å². The molecule has 1 aliphatic rings. The summed E-state index contributed by atoms with van der Waals surface area (Å²) in [4.78, 5) is 9.07. The van der Waals surface area contributed by atoms with Crippen molar-refractivity contribution < 1.29 is 0 Å². The minimum absolute atomic E-state index is 0.00643. The SMILES string of the molecule is Cc1nc(C2CCCCS2)ncc1C(C)Cl. The predicted octanol–water partition coefficient (Wildman–Crippen LogP) is 4.04. The van der Waals surface area contributed by atoms with Gasteiger partial charge in [0.2, 0.25) is 0 Å². The fourth-order valence-corrected chi connectivity index (χ4v) is 3.45. The quantitative estimate of drug-likeness (QED) is 0.747. The van der Waals surface area contributed by atoms with Crippen molar-refractivity contribution in [3.05, 3.63) is 23.3 Å². The molecule has 2 atom stereocenters. The van der Waals surface area contributed by atoms with Gasteiger partial charge in [-0.2, -0.15) is 11.8 Å². The van der Waals surface area contributed by atoms with Crippen LogP contribution in [0, 0.1) is 6.92 Å². The van der Waals surface area contributed by atoms with E-state index in [1.165, 1.54) is 25.0 Å². The van der Waals surface area contributed by atoms with Crippen LogP contribution in [-0.4, -0.2) is 15.7 Å². The fourth-order valence-electron chi connectivity index (χ4n) is 1.98. The maximum atomic E-state index is 6.06. The molecule has 1 aromatic rings. The molecule has 1 saturated heterocycles. The minimum Gasteiger partial charge on any atom is -0.240 e. The number of halogens is 1. The van der Waals surface area contributed by atoms with Gasteiger partial charge >= 0.3 is 0 Å². The third-order valence-electron chi connectivity index (χ3n) is 2.93. The number of nitrogens with zero attached hydrogens (tertiary/aromatic N) is 2. The second-order valence-electron chi connectivity index (χ2n) is 4.24. The van der Waals surface area contributed by atoms with Gasteiger partial charge < -0.3 is 0 Å². The highest BCUT2D eigenvalue weighted by molar-refractivity contribution is 7.99. The van der Waals surface area contributed by atoms with Crippen molar-refractivity contribution in [1.82, 2.24) is 9.97 Å². The van der Waals surface area contributed by atoms with Crippen LogP contribution in [0.2, 0.25) is 0 Å². The molecule has 1 aromatic heterocycles. The summed E-state index contributed by atoms with van der Waals surface area (Å²) in [7, 11) is 0. The third-order valence-corrected chi connectivity index (χ3v) is 4.54. The molecule has 0 saturated carbocycles. The van der Waals surface area contributed by atoms with Crippen LogP contribution in [-0.2, 0) is 0 Å². The average Bonchev–Trinajstić information content (AvgIpc) is 2.29. The van der Waals surface area contributed by atoms with Crippen molar-refractivity contribution in [1.29, 1.82) is 0 Å². The molecule has 0 aromatic carbocycles. The topological polar surface area (TPSA) is 25.8 Å². The lowest BCUT2D eigenvalue weighted by Crippen LogP contribution is -2.08. The first-order valence-electron chi connectivity index (χ1n) is 5.77. The summed E-state index contributed by atoms with van der Waals surface area (Å²) in [5.74, 6) is 2.23. The van der Waals surface area contributed by atoms with Crippen LogP contribution in [0.4, 0.5) is 0 Å². The number of thioether (sulfide) groups is 1. The summed E-state index contributed by atoms with van der Waals surface area (Å²) in [6, 6.07) is 0. The molecular weight excluding hydrogens is 240 g/mol. The first kappa shape index (κ1) is 12.2. The van der Waals surface area contributed by atoms with Crippen molar-refractivity contribution in [2.24, 2.45) is 0 Å². The predicted molar refractivity (Wildman–Crippen MR) is 70.1 cm³/mol. The molecule has 4 heteroatoms. The molecule has 1 fully saturated rings. The molecule has 2 heterocycles. The Labute approximate surface area is 106 Å². The van der Waals surface area contributed by atoms with Gasteiger partial charge in [0, 0.05) is 17.5 Å². The zero-order chi connectivity index (χ0) is 11.5. The van der Waals surface area contributed by atoms with Gasteiger partial charge in [0.15, 0.2) is 0 Å². The lowest BCUT2D eigenvalue weighted by molar-refractivity contribution is 0.658. The summed E-state index contributed by atoms with van der Waals surface area (Å²) in [5.41, 5.74) is 2.07. The molecule has 2 unspecified atom stereocenters. The number of hydrogen-bond acceptors (Lipinski definition) is 3. The summed E-state index contributed by atoms with van der Waals surface area (Å²) < 4.78 is 0. The van der Waals surface area contributed by atoms with Gasteiger partial charge in [-0.3, -0.25) is 0 Å². The van der Waals surface area contributed by atoms with Gasteiger partial charge in [0.05, 0.1) is 10.6 Å². The molecule has 1 aliphatic heterocycles. The Balaban J connectivity index is 2.19. The average molecular weight is 257 g/mol. The first-order valence-corrected chi connectivity index (χ1v) is 7.26. The Morgan fingerprint density at radius 2 is 2.31 bits per heavy atom. The van der Waals surface area contributed by atoms with E-state index in [1.54, 1.807) is 0 Å². The van der Waals surface area contributed by atoms with Crippen LogP contribution in [0.25, 0.3) is 0 Å². The van der Waals surface area contributed by atoms with E-state index in [4.69, 9.17) is 11.6 Å². The Morgan fingerprint density at radius 1 is 1.50 bits per heavy atom. The van der Waals surface area contributed by atoms with E-state index < -0.39 is 0 Å². The van der Waals surface area contributed by atoms with Crippen molar-refractivity contribution in [2.45, 2.75) is 43.7 Å². The molecule has 2 nitrogen and oxygen atoms in total. The number of rotatable bonds is 2. The van der Waals surface area contributed by atoms with E-state index in [0.29, 0.717) is 5.25 Å². The van der Waals surface area contributed by atoms with Crippen molar-refractivity contribution in [2.75, 3.05) is 5.75 Å². The van der Waals surface area contributed by atoms with E-state index in [2.05, 4.69) is 9.97 Å². The maximum Gasteiger partial charge on any atom is 0.141 e. The van der Waals surface area contributed by atoms with E-state index >= 15 is 0 Å². The highest BCUT2D eigenvalue weighted by Gasteiger charge is 2.19. The summed E-state index contributed by atoms with van der Waals surface area (Å²) in [6.45, 7) is 3.98. The van der Waals surface area contributed by atoms with Gasteiger partial charge in [0.1, 0.15) is 5.82 Å². The van der Waals surface area contributed by atoms with Gasteiger partial charge in [-0.15, -0.1) is 11.6 Å². The normalized spacial score (nSPS) is 23.1. The molecule has 0 N–H and O–H groups in total. The van der Waals surface area contributed by atoms with E-state index in [0.717, 1.165) is 17.1 Å². The standard InChI is InChI=1S/C12H17ClN2S/c1-8(13)10-7-14-12(15-9(10)2)11-5-3-4-6-16-11/h7-8,11H,3-6H2,1-2H3. The van der Waals surface area contributed by atoms with Crippen molar-refractivity contribution in [3.8, 4) is 0 Å². The van der Waals surface area contributed by atoms with Gasteiger partial charge in [-0.1, -0.05) is 6.42 Å². The molecule has 0 amide bonds. The van der Waals surface area contributed by atoms with Crippen LogP contribution in [0.5, 0.6) is 0 Å². The fraction of sp³-hybridized carbons (Fsp3) is 0.667. The van der Waals surface area contributed by atoms with Crippen LogP contribution in [0.3, 0.4) is 0 Å². The molecular formula is C12H17ClN2S. The van der Waals surface area contributed by atoms with E-state index in [1.807, 2.05) is 31.8 Å². The molecule has 0 aliphatic carbocycles. The van der Waals surface area contributed by atoms with Crippen LogP contribution in [0.1, 0.15) is 53.9 Å². The summed E-state index contributed by atoms with van der Waals surface area (Å²) in [6.07, 6.45) is 5.73. The van der Waals surface area contributed by atoms with Gasteiger partial charge in [-0.25, -0.2) is 9.97 Å². The Morgan fingerprint density at radius 3 is 2.88 bits per heavy atom. The first-order chi connectivity index (χ1) is 7.68. The Kier molecular flexibility index (Phi) is 4.09. The van der Waals surface area contributed by atoms with Crippen molar-refractivity contribution >= 4 is 23.4 Å². The molecule has 0 radical (unpaired) electrons. The molecule has 88 valence electrons. The second-order valence-corrected chi connectivity index (χ2v) is 6.21. The van der Waals surface area contributed by atoms with Crippen LogP contribution >= 0.6 is 23.4 Å². The number of aromatic nitrogens is 2. The van der Waals surface area contributed by atoms with Gasteiger partial charge in [0.25, 0.3) is 0 Å². The second kappa shape index (κ2) is 5.37. The zero-order valence-corrected chi connectivity index (χ0v) is 11.3. The third kappa shape index (κ3) is 2.69. The number of aryl methyl sites for hydroxylation is 1. The number of alkyl halides is 1. The van der Waals surface area contributed by atoms with Crippen LogP contribution < -0.4 is 0 Å². The lowest BCUT2D eigenvalue weighted by Gasteiger charge is -2.20. The highest BCUT2D eigenvalue weighted by atomic mass is 35.5. The summed E-state index contributed by atoms with van der Waals surface area (Å²) >= 11 is 8.04. The Bertz CT molecular complexity index is 362. The molecule has 16 heavy (non-hydrogen) atoms. The van der Waals surface area contributed by atoms with Crippen molar-refractivity contribution in [3.63, 3.8) is 0 Å².